The molecular formula is C19H17N3O6S. The van der Waals surface area contributed by atoms with E-state index >= 15 is 0 Å². The number of nitrogens with zero attached hydrogens (tertiary/aromatic N) is 2. The van der Waals surface area contributed by atoms with Crippen LogP contribution in [0, 0.1) is 6.92 Å². The van der Waals surface area contributed by atoms with Crippen LogP contribution in [0.4, 0.5) is 5.69 Å². The predicted molar refractivity (Wildman–Crippen MR) is 102 cm³/mol. The Hall–Kier alpha value is -3.53. The van der Waals surface area contributed by atoms with Crippen LogP contribution < -0.4 is 19.8 Å². The molecule has 1 amide bonds. The van der Waals surface area contributed by atoms with Crippen molar-refractivity contribution in [2.24, 2.45) is 0 Å². The topological polar surface area (TPSA) is 129 Å². The minimum Gasteiger partial charge on any atom is -0.538 e. The van der Waals surface area contributed by atoms with Crippen molar-refractivity contribution in [1.29, 1.82) is 0 Å². The van der Waals surface area contributed by atoms with E-state index in [2.05, 4.69) is 10.6 Å². The summed E-state index contributed by atoms with van der Waals surface area (Å²) in [7, 11) is 1.37. The molecule has 0 bridgehead atoms. The minimum atomic E-state index is -1.10. The molecule has 10 heteroatoms. The van der Waals surface area contributed by atoms with Crippen LogP contribution in [-0.2, 0) is 4.79 Å². The van der Waals surface area contributed by atoms with Gasteiger partial charge >= 0.3 is 5.97 Å². The molecule has 0 aliphatic carbocycles. The molecule has 0 radical (unpaired) electrons. The summed E-state index contributed by atoms with van der Waals surface area (Å²) in [6.45, 7) is 1.94. The van der Waals surface area contributed by atoms with Crippen molar-refractivity contribution in [3.8, 4) is 17.4 Å². The zero-order valence-corrected chi connectivity index (χ0v) is 16.4. The number of carboxylic acid groups (broad SMARTS) is 1. The Morgan fingerprint density at radius 2 is 2.00 bits per heavy atom. The number of rotatable bonds is 7. The van der Waals surface area contributed by atoms with Crippen molar-refractivity contribution >= 4 is 29.3 Å². The normalized spacial score (nSPS) is 10.6. The van der Waals surface area contributed by atoms with Crippen LogP contribution in [0.25, 0.3) is 5.69 Å². The molecule has 0 fully saturated rings. The summed E-state index contributed by atoms with van der Waals surface area (Å²) in [5.41, 5.74) is 2.04. The average Bonchev–Trinajstić information content (AvgIpc) is 3.07. The average molecular weight is 415 g/mol. The lowest BCUT2D eigenvalue weighted by Crippen LogP contribution is -2.35. The third-order valence-electron chi connectivity index (χ3n) is 3.91. The van der Waals surface area contributed by atoms with E-state index in [0.717, 1.165) is 17.3 Å². The molecule has 1 heterocycles. The summed E-state index contributed by atoms with van der Waals surface area (Å²) in [4.78, 5) is 23.4. The second kappa shape index (κ2) is 8.65. The van der Waals surface area contributed by atoms with E-state index in [1.807, 2.05) is 19.1 Å². The monoisotopic (exact) mass is 415 g/mol. The molecule has 2 aromatic carbocycles. The first-order valence-corrected chi connectivity index (χ1v) is 9.37. The number of carbonyl (C=O) groups excluding carboxylic acids is 1. The van der Waals surface area contributed by atoms with Crippen molar-refractivity contribution in [3.05, 3.63) is 53.6 Å². The quantitative estimate of drug-likeness (QED) is 0.441. The van der Waals surface area contributed by atoms with Gasteiger partial charge in [-0.15, -0.1) is 0 Å². The molecule has 0 aliphatic heterocycles. The summed E-state index contributed by atoms with van der Waals surface area (Å²) >= 11 is 0.975. The molecule has 0 atom stereocenters. The fourth-order valence-corrected chi connectivity index (χ4v) is 3.21. The van der Waals surface area contributed by atoms with Gasteiger partial charge in [-0.3, -0.25) is 4.79 Å². The van der Waals surface area contributed by atoms with E-state index in [9.17, 15) is 14.7 Å². The SMILES string of the molecule is COc1cc(C(=O)O)ccc1NC(=O)CSc1c([O-])on[n+]1-c1ccc(C)cc1. The Labute approximate surface area is 169 Å². The summed E-state index contributed by atoms with van der Waals surface area (Å²) in [5, 5.41) is 27.5. The number of thioether (sulfide) groups is 1. The number of hydrogen-bond donors (Lipinski definition) is 2. The number of aromatic nitrogens is 2. The maximum absolute atomic E-state index is 12.3. The van der Waals surface area contributed by atoms with E-state index in [1.54, 1.807) is 12.1 Å². The first-order valence-electron chi connectivity index (χ1n) is 8.39. The van der Waals surface area contributed by atoms with Gasteiger partial charge in [0.15, 0.2) is 5.95 Å². The number of carbonyl (C=O) groups is 2. The first kappa shape index (κ1) is 20.2. The van der Waals surface area contributed by atoms with E-state index in [4.69, 9.17) is 14.4 Å². The van der Waals surface area contributed by atoms with Crippen LogP contribution in [0.3, 0.4) is 0 Å². The fourth-order valence-electron chi connectivity index (χ4n) is 2.46. The molecule has 0 spiro atoms. The highest BCUT2D eigenvalue weighted by atomic mass is 32.2. The Balaban J connectivity index is 1.71. The molecule has 29 heavy (non-hydrogen) atoms. The van der Waals surface area contributed by atoms with E-state index in [0.29, 0.717) is 11.4 Å². The minimum absolute atomic E-state index is 0.0360. The number of hydrogen-bond acceptors (Lipinski definition) is 7. The van der Waals surface area contributed by atoms with Crippen LogP contribution in [0.5, 0.6) is 11.7 Å². The van der Waals surface area contributed by atoms with Crippen LogP contribution in [0.15, 0.2) is 52.0 Å². The molecule has 9 nitrogen and oxygen atoms in total. The van der Waals surface area contributed by atoms with Crippen molar-refractivity contribution in [2.45, 2.75) is 11.9 Å². The Morgan fingerprint density at radius 3 is 2.66 bits per heavy atom. The van der Waals surface area contributed by atoms with Gasteiger partial charge in [-0.2, -0.15) is 0 Å². The van der Waals surface area contributed by atoms with Crippen molar-refractivity contribution < 1.29 is 33.7 Å². The first-order chi connectivity index (χ1) is 13.9. The highest BCUT2D eigenvalue weighted by Crippen LogP contribution is 2.27. The summed E-state index contributed by atoms with van der Waals surface area (Å²) in [6, 6.07) is 11.4. The Morgan fingerprint density at radius 1 is 1.28 bits per heavy atom. The van der Waals surface area contributed by atoms with Gasteiger partial charge in [-0.25, -0.2) is 4.79 Å². The lowest BCUT2D eigenvalue weighted by Gasteiger charge is -2.10. The van der Waals surface area contributed by atoms with Gasteiger partial charge < -0.3 is 24.8 Å². The van der Waals surface area contributed by atoms with Crippen LogP contribution in [-0.4, -0.2) is 35.1 Å². The van der Waals surface area contributed by atoms with Gasteiger partial charge in [-0.05, 0) is 41.6 Å². The van der Waals surface area contributed by atoms with Gasteiger partial charge in [0.25, 0.3) is 5.03 Å². The molecule has 0 saturated heterocycles. The van der Waals surface area contributed by atoms with Crippen molar-refractivity contribution in [2.75, 3.05) is 18.2 Å². The second-order valence-electron chi connectivity index (χ2n) is 5.97. The maximum atomic E-state index is 12.3. The van der Waals surface area contributed by atoms with Crippen molar-refractivity contribution in [1.82, 2.24) is 5.27 Å². The van der Waals surface area contributed by atoms with Crippen LogP contribution in [0.1, 0.15) is 15.9 Å². The molecule has 150 valence electrons. The van der Waals surface area contributed by atoms with Gasteiger partial charge in [0, 0.05) is 12.1 Å². The number of nitrogens with one attached hydrogen (secondary N) is 1. The van der Waals surface area contributed by atoms with Gasteiger partial charge in [-0.1, -0.05) is 17.7 Å². The predicted octanol–water partition coefficient (Wildman–Crippen LogP) is 1.77. The van der Waals surface area contributed by atoms with E-state index in [-0.39, 0.29) is 22.1 Å². The summed E-state index contributed by atoms with van der Waals surface area (Å²) < 4.78 is 11.2. The van der Waals surface area contributed by atoms with Crippen LogP contribution >= 0.6 is 11.8 Å². The largest absolute Gasteiger partial charge is 0.538 e. The summed E-state index contributed by atoms with van der Waals surface area (Å²) in [6.07, 6.45) is 0. The van der Waals surface area contributed by atoms with E-state index < -0.39 is 17.8 Å². The lowest BCUT2D eigenvalue weighted by atomic mass is 10.2. The number of aromatic carboxylic acids is 1. The third-order valence-corrected chi connectivity index (χ3v) is 4.93. The highest BCUT2D eigenvalue weighted by molar-refractivity contribution is 7.99. The standard InChI is InChI=1S/C19H17N3O6S/c1-11-3-6-13(7-4-11)22-17(19(26)28-21-22)29-10-16(23)20-14-8-5-12(18(24)25)9-15(14)27-2/h3-9H,10H2,1-2H3,(H2-,20,21,23,24,25,26). The van der Waals surface area contributed by atoms with Gasteiger partial charge in [0.2, 0.25) is 11.6 Å². The van der Waals surface area contributed by atoms with Gasteiger partial charge in [0.1, 0.15) is 5.75 Å². The highest BCUT2D eigenvalue weighted by Gasteiger charge is 2.22. The lowest BCUT2D eigenvalue weighted by molar-refractivity contribution is -0.705. The summed E-state index contributed by atoms with van der Waals surface area (Å²) in [5.74, 6) is -2.04. The third kappa shape index (κ3) is 4.66. The van der Waals surface area contributed by atoms with E-state index in [1.165, 1.54) is 30.0 Å². The Bertz CT molecular complexity index is 1050. The maximum Gasteiger partial charge on any atom is 0.335 e. The molecule has 1 aromatic heterocycles. The number of methoxy groups -OCH3 is 1. The zero-order valence-electron chi connectivity index (χ0n) is 15.5. The number of amides is 1. The molecule has 0 saturated carbocycles. The smallest absolute Gasteiger partial charge is 0.335 e. The molecule has 3 rings (SSSR count). The Kier molecular flexibility index (Phi) is 6.03. The zero-order chi connectivity index (χ0) is 21.0. The van der Waals surface area contributed by atoms with Crippen molar-refractivity contribution in [3.63, 3.8) is 0 Å². The number of carboxylic acids is 1. The fraction of sp³-hybridized carbons (Fsp3) is 0.158. The molecule has 2 N–H and O–H groups in total. The number of anilines is 1. The molecule has 0 unspecified atom stereocenters. The second-order valence-corrected chi connectivity index (χ2v) is 6.93. The van der Waals surface area contributed by atoms with Gasteiger partial charge in [0.05, 0.1) is 29.4 Å². The molecule has 0 aliphatic rings. The number of benzene rings is 2. The molecular weight excluding hydrogens is 398 g/mol. The molecule has 3 aromatic rings. The number of aryl methyl sites for hydroxylation is 1. The van der Waals surface area contributed by atoms with Crippen LogP contribution in [0.2, 0.25) is 0 Å². The number of ether oxygens (including phenoxy) is 1.